The van der Waals surface area contributed by atoms with Crippen LogP contribution in [0, 0.1) is 0 Å². The van der Waals surface area contributed by atoms with Gasteiger partial charge in [-0.2, -0.15) is 0 Å². The highest BCUT2D eigenvalue weighted by molar-refractivity contribution is 7.84. The summed E-state index contributed by atoms with van der Waals surface area (Å²) >= 11 is 0. The molecule has 0 saturated carbocycles. The smallest absolute Gasteiger partial charge is 0.338 e. The van der Waals surface area contributed by atoms with E-state index < -0.39 is 10.8 Å². The minimum Gasteiger partial charge on any atom is -0.457 e. The predicted octanol–water partition coefficient (Wildman–Crippen LogP) is 4.45. The van der Waals surface area contributed by atoms with Crippen LogP contribution in [0.15, 0.2) is 83.8 Å². The van der Waals surface area contributed by atoms with Crippen LogP contribution in [0.25, 0.3) is 11.1 Å². The normalized spacial score (nSPS) is 11.7. The summed E-state index contributed by atoms with van der Waals surface area (Å²) in [6, 6.07) is 24.7. The van der Waals surface area contributed by atoms with E-state index in [9.17, 15) is 9.00 Å². The molecule has 0 fully saturated rings. The first kappa shape index (κ1) is 17.1. The Morgan fingerprint density at radius 3 is 2.04 bits per heavy atom. The van der Waals surface area contributed by atoms with Gasteiger partial charge in [-0.1, -0.05) is 54.6 Å². The van der Waals surface area contributed by atoms with Gasteiger partial charge in [0.15, 0.2) is 0 Å². The highest BCUT2D eigenvalue weighted by Crippen LogP contribution is 2.19. The maximum atomic E-state index is 12.1. The molecule has 0 aliphatic heterocycles. The number of rotatable bonds is 5. The summed E-state index contributed by atoms with van der Waals surface area (Å²) in [4.78, 5) is 12.8. The van der Waals surface area contributed by atoms with Gasteiger partial charge in [-0.15, -0.1) is 0 Å². The molecule has 0 heterocycles. The lowest BCUT2D eigenvalue weighted by molar-refractivity contribution is 0.0472. The van der Waals surface area contributed by atoms with Crippen molar-refractivity contribution in [2.45, 2.75) is 11.5 Å². The minimum atomic E-state index is -1.05. The Morgan fingerprint density at radius 2 is 1.44 bits per heavy atom. The summed E-state index contributed by atoms with van der Waals surface area (Å²) in [6.45, 7) is 0.218. The molecule has 0 amide bonds. The lowest BCUT2D eigenvalue weighted by Gasteiger charge is -2.07. The van der Waals surface area contributed by atoms with E-state index in [-0.39, 0.29) is 12.6 Å². The van der Waals surface area contributed by atoms with Crippen LogP contribution in [0.1, 0.15) is 15.9 Å². The summed E-state index contributed by atoms with van der Waals surface area (Å²) in [6.07, 6.45) is 1.60. The van der Waals surface area contributed by atoms with Crippen molar-refractivity contribution in [3.05, 3.63) is 90.0 Å². The zero-order chi connectivity index (χ0) is 17.6. The van der Waals surface area contributed by atoms with E-state index in [1.54, 1.807) is 30.5 Å². The maximum absolute atomic E-state index is 12.1. The van der Waals surface area contributed by atoms with Crippen LogP contribution in [0.5, 0.6) is 0 Å². The van der Waals surface area contributed by atoms with Crippen LogP contribution < -0.4 is 0 Å². The Bertz CT molecular complexity index is 869. The molecule has 3 aromatic rings. The molecule has 0 bridgehead atoms. The van der Waals surface area contributed by atoms with Crippen LogP contribution in [0.2, 0.25) is 0 Å². The van der Waals surface area contributed by atoms with Gasteiger partial charge in [-0.05, 0) is 41.0 Å². The van der Waals surface area contributed by atoms with E-state index >= 15 is 0 Å². The van der Waals surface area contributed by atoms with E-state index in [1.807, 2.05) is 42.5 Å². The highest BCUT2D eigenvalue weighted by atomic mass is 32.2. The molecule has 4 heteroatoms. The minimum absolute atomic E-state index is 0.218. The monoisotopic (exact) mass is 350 g/mol. The van der Waals surface area contributed by atoms with Crippen molar-refractivity contribution < 1.29 is 13.7 Å². The Balaban J connectivity index is 1.61. The summed E-state index contributed by atoms with van der Waals surface area (Å²) in [5.41, 5.74) is 3.66. The third-order valence-electron chi connectivity index (χ3n) is 3.85. The Labute approximate surface area is 149 Å². The van der Waals surface area contributed by atoms with E-state index in [0.29, 0.717) is 10.5 Å². The zero-order valence-corrected chi connectivity index (χ0v) is 14.7. The van der Waals surface area contributed by atoms with Gasteiger partial charge in [0.1, 0.15) is 6.61 Å². The molecule has 25 heavy (non-hydrogen) atoms. The molecule has 0 N–H and O–H groups in total. The van der Waals surface area contributed by atoms with E-state index in [4.69, 9.17) is 4.74 Å². The van der Waals surface area contributed by atoms with Crippen LogP contribution >= 0.6 is 0 Å². The summed E-state index contributed by atoms with van der Waals surface area (Å²) < 4.78 is 16.7. The van der Waals surface area contributed by atoms with E-state index in [1.165, 1.54) is 0 Å². The van der Waals surface area contributed by atoms with E-state index in [0.717, 1.165) is 16.7 Å². The van der Waals surface area contributed by atoms with Gasteiger partial charge >= 0.3 is 5.97 Å². The Kier molecular flexibility index (Phi) is 5.41. The molecule has 0 aliphatic carbocycles. The number of ether oxygens (including phenoxy) is 1. The number of benzene rings is 3. The first-order valence-corrected chi connectivity index (χ1v) is 9.44. The van der Waals surface area contributed by atoms with Gasteiger partial charge in [0, 0.05) is 22.0 Å². The van der Waals surface area contributed by atoms with Gasteiger partial charge in [0.05, 0.1) is 5.56 Å². The Morgan fingerprint density at radius 1 is 0.840 bits per heavy atom. The molecule has 1 atom stereocenters. The number of carbonyl (C=O) groups excluding carboxylic acids is 1. The Hall–Kier alpha value is -2.72. The van der Waals surface area contributed by atoms with Crippen molar-refractivity contribution in [2.75, 3.05) is 6.26 Å². The lowest BCUT2D eigenvalue weighted by atomic mass is 10.0. The lowest BCUT2D eigenvalue weighted by Crippen LogP contribution is -2.05. The number of carbonyl (C=O) groups is 1. The van der Waals surface area contributed by atoms with E-state index in [2.05, 4.69) is 12.1 Å². The quantitative estimate of drug-likeness (QED) is 0.639. The third kappa shape index (κ3) is 4.43. The molecule has 0 saturated heterocycles. The molecular weight excluding hydrogens is 332 g/mol. The third-order valence-corrected chi connectivity index (χ3v) is 4.79. The molecule has 0 spiro atoms. The molecule has 3 rings (SSSR count). The molecule has 3 nitrogen and oxygen atoms in total. The fourth-order valence-corrected chi connectivity index (χ4v) is 2.96. The summed E-state index contributed by atoms with van der Waals surface area (Å²) in [5.74, 6) is -0.388. The predicted molar refractivity (Wildman–Crippen MR) is 99.8 cm³/mol. The fraction of sp³-hybridized carbons (Fsp3) is 0.0952. The van der Waals surface area contributed by atoms with Crippen molar-refractivity contribution in [3.8, 4) is 11.1 Å². The topological polar surface area (TPSA) is 43.4 Å². The second-order valence-corrected chi connectivity index (χ2v) is 7.00. The first-order chi connectivity index (χ1) is 12.1. The standard InChI is InChI=1S/C21H18O3S/c1-25(23)20-13-11-19(12-14-20)21(22)24-15-16-7-9-18(10-8-16)17-5-3-2-4-6-17/h2-14H,15H2,1H3. The second-order valence-electron chi connectivity index (χ2n) is 5.62. The van der Waals surface area contributed by atoms with Crippen LogP contribution in [0.3, 0.4) is 0 Å². The number of hydrogen-bond acceptors (Lipinski definition) is 3. The van der Waals surface area contributed by atoms with Crippen molar-refractivity contribution in [3.63, 3.8) is 0 Å². The fourth-order valence-electron chi connectivity index (χ4n) is 2.44. The van der Waals surface area contributed by atoms with Crippen LogP contribution in [0.4, 0.5) is 0 Å². The van der Waals surface area contributed by atoms with Gasteiger partial charge in [0.25, 0.3) is 0 Å². The highest BCUT2D eigenvalue weighted by Gasteiger charge is 2.08. The van der Waals surface area contributed by atoms with Gasteiger partial charge in [0.2, 0.25) is 0 Å². The average molecular weight is 350 g/mol. The molecular formula is C21H18O3S. The molecule has 0 aliphatic rings. The van der Waals surface area contributed by atoms with Crippen molar-refractivity contribution in [1.29, 1.82) is 0 Å². The second kappa shape index (κ2) is 7.90. The summed E-state index contributed by atoms with van der Waals surface area (Å²) in [7, 11) is -1.05. The van der Waals surface area contributed by atoms with Crippen molar-refractivity contribution in [1.82, 2.24) is 0 Å². The van der Waals surface area contributed by atoms with Gasteiger partial charge in [-0.25, -0.2) is 4.79 Å². The number of hydrogen-bond donors (Lipinski definition) is 0. The number of esters is 1. The maximum Gasteiger partial charge on any atom is 0.338 e. The molecule has 126 valence electrons. The van der Waals surface area contributed by atoms with Gasteiger partial charge < -0.3 is 4.74 Å². The van der Waals surface area contributed by atoms with Crippen LogP contribution in [-0.4, -0.2) is 16.4 Å². The van der Waals surface area contributed by atoms with Crippen molar-refractivity contribution in [2.24, 2.45) is 0 Å². The molecule has 3 aromatic carbocycles. The SMILES string of the molecule is CS(=O)c1ccc(C(=O)OCc2ccc(-c3ccccc3)cc2)cc1. The largest absolute Gasteiger partial charge is 0.457 e. The first-order valence-electron chi connectivity index (χ1n) is 7.88. The molecule has 1 unspecified atom stereocenters. The molecule has 0 radical (unpaired) electrons. The zero-order valence-electron chi connectivity index (χ0n) is 13.8. The average Bonchev–Trinajstić information content (AvgIpc) is 2.67. The van der Waals surface area contributed by atoms with Gasteiger partial charge in [-0.3, -0.25) is 4.21 Å². The molecule has 0 aromatic heterocycles. The van der Waals surface area contributed by atoms with Crippen molar-refractivity contribution >= 4 is 16.8 Å². The van der Waals surface area contributed by atoms with Crippen LogP contribution in [-0.2, 0) is 22.1 Å². The summed E-state index contributed by atoms with van der Waals surface area (Å²) in [5, 5.41) is 0.